The van der Waals surface area contributed by atoms with Gasteiger partial charge < -0.3 is 14.0 Å². The smallest absolute Gasteiger partial charge is 0.216 e. The Hall–Kier alpha value is -5.94. The fraction of sp³-hybridized carbons (Fsp3) is 0.140. The second-order valence-electron chi connectivity index (χ2n) is 14.1. The van der Waals surface area contributed by atoms with Crippen LogP contribution in [0.5, 0.6) is 0 Å². The van der Waals surface area contributed by atoms with Crippen molar-refractivity contribution in [2.45, 2.75) is 46.4 Å². The third kappa shape index (κ3) is 7.77. The van der Waals surface area contributed by atoms with Crippen LogP contribution in [0.2, 0.25) is 0 Å². The van der Waals surface area contributed by atoms with E-state index in [-0.39, 0.29) is 25.7 Å². The molecule has 0 N–H and O–H groups in total. The molecular formula is C50H42IrN4O-2. The number of imidazole rings is 1. The van der Waals surface area contributed by atoms with Crippen LogP contribution in [0.4, 0.5) is 0 Å². The molecule has 0 unspecified atom stereocenters. The Bertz CT molecular complexity index is 2790. The van der Waals surface area contributed by atoms with Gasteiger partial charge in [0.25, 0.3) is 0 Å². The van der Waals surface area contributed by atoms with E-state index in [0.29, 0.717) is 23.2 Å². The first-order chi connectivity index (χ1) is 28.1. The molecule has 0 fully saturated rings. The minimum atomic E-state index is -2.09. The average Bonchev–Trinajstić information content (AvgIpc) is 3.86. The SMILES string of the molecule is CC(C)c1cccc(C(C)C)c1-n1c(-c2[c-]c3nc(-c4ccccc4)oc3c(-c3ccccc3)c2)nc2ccccc21.[2H]C([2H])([2H])c1ccc(-c2[c-]cccc2)nc1.[Ir]. The summed E-state index contributed by atoms with van der Waals surface area (Å²) < 4.78 is 30.5. The van der Waals surface area contributed by atoms with Gasteiger partial charge in [0.2, 0.25) is 5.89 Å². The molecule has 0 amide bonds. The zero-order valence-corrected chi connectivity index (χ0v) is 34.0. The monoisotopic (exact) mass is 910 g/mol. The molecule has 3 aromatic heterocycles. The Morgan fingerprint density at radius 2 is 1.36 bits per heavy atom. The van der Waals surface area contributed by atoms with Gasteiger partial charge in [-0.1, -0.05) is 124 Å². The van der Waals surface area contributed by atoms with Crippen LogP contribution >= 0.6 is 0 Å². The maximum atomic E-state index is 7.23. The molecule has 0 saturated heterocycles. The van der Waals surface area contributed by atoms with E-state index in [4.69, 9.17) is 18.5 Å². The number of rotatable bonds is 7. The van der Waals surface area contributed by atoms with Gasteiger partial charge in [0.05, 0.1) is 22.4 Å². The molecule has 279 valence electrons. The van der Waals surface area contributed by atoms with E-state index in [1.54, 1.807) is 18.2 Å². The van der Waals surface area contributed by atoms with Crippen LogP contribution in [-0.4, -0.2) is 19.5 Å². The molecule has 0 bridgehead atoms. The van der Waals surface area contributed by atoms with Crippen molar-refractivity contribution >= 4 is 22.1 Å². The van der Waals surface area contributed by atoms with Crippen molar-refractivity contribution in [1.29, 1.82) is 0 Å². The van der Waals surface area contributed by atoms with Gasteiger partial charge in [-0.15, -0.1) is 53.6 Å². The third-order valence-corrected chi connectivity index (χ3v) is 9.64. The number of nitrogens with zero attached hydrogens (tertiary/aromatic N) is 4. The number of oxazole rings is 1. The molecule has 3 heterocycles. The fourth-order valence-electron chi connectivity index (χ4n) is 6.93. The summed E-state index contributed by atoms with van der Waals surface area (Å²) in [5.74, 6) is 2.09. The molecular weight excluding hydrogens is 865 g/mol. The van der Waals surface area contributed by atoms with Crippen molar-refractivity contribution in [3.05, 3.63) is 181 Å². The number of aryl methyl sites for hydroxylation is 1. The molecule has 1 radical (unpaired) electrons. The van der Waals surface area contributed by atoms with Gasteiger partial charge in [-0.25, -0.2) is 4.98 Å². The first-order valence-corrected chi connectivity index (χ1v) is 18.6. The van der Waals surface area contributed by atoms with Crippen LogP contribution in [0.1, 0.15) is 60.3 Å². The maximum absolute atomic E-state index is 7.23. The number of hydrogen-bond donors (Lipinski definition) is 0. The molecule has 56 heavy (non-hydrogen) atoms. The van der Waals surface area contributed by atoms with Crippen LogP contribution in [-0.2, 0) is 20.1 Å². The van der Waals surface area contributed by atoms with Crippen molar-refractivity contribution < 1.29 is 28.6 Å². The summed E-state index contributed by atoms with van der Waals surface area (Å²) in [6.07, 6.45) is 1.39. The Morgan fingerprint density at radius 3 is 2.00 bits per heavy atom. The Balaban J connectivity index is 0.000000262. The van der Waals surface area contributed by atoms with Gasteiger partial charge in [0, 0.05) is 47.2 Å². The van der Waals surface area contributed by atoms with Gasteiger partial charge in [0.15, 0.2) is 0 Å². The molecule has 5 nitrogen and oxygen atoms in total. The summed E-state index contributed by atoms with van der Waals surface area (Å²) in [4.78, 5) is 14.3. The normalized spacial score (nSPS) is 12.1. The quantitative estimate of drug-likeness (QED) is 0.150. The number of pyridine rings is 1. The predicted molar refractivity (Wildman–Crippen MR) is 225 cm³/mol. The number of benzene rings is 6. The standard InChI is InChI=1S/C38H32N3O.C12H10N.Ir/c1-24(2)29-18-13-19-30(25(3)4)35(29)41-34-21-12-11-20-32(34)39-37(41)28-22-31(26-14-7-5-8-15-26)36-33(23-28)40-38(42-36)27-16-9-6-10-17-27;1-10-7-8-12(13-9-10)11-5-3-2-4-6-11;/h5-22,24-25H,1-4H3;2-5,7-9H,1H3;/q2*-1;/i;1D3;. The topological polar surface area (TPSA) is 56.7 Å². The zero-order valence-electron chi connectivity index (χ0n) is 34.6. The first kappa shape index (κ1) is 34.5. The molecule has 0 saturated carbocycles. The van der Waals surface area contributed by atoms with E-state index in [9.17, 15) is 0 Å². The van der Waals surface area contributed by atoms with Gasteiger partial charge in [-0.3, -0.25) is 4.98 Å². The van der Waals surface area contributed by atoms with E-state index in [2.05, 4.69) is 116 Å². The summed E-state index contributed by atoms with van der Waals surface area (Å²) in [6, 6.07) is 55.0. The Kier molecular flexibility index (Phi) is 10.4. The van der Waals surface area contributed by atoms with E-state index >= 15 is 0 Å². The van der Waals surface area contributed by atoms with Crippen LogP contribution < -0.4 is 0 Å². The first-order valence-electron chi connectivity index (χ1n) is 20.1. The molecule has 9 rings (SSSR count). The molecule has 6 heteroatoms. The average molecular weight is 910 g/mol. The van der Waals surface area contributed by atoms with E-state index < -0.39 is 6.85 Å². The fourth-order valence-corrected chi connectivity index (χ4v) is 6.93. The number of aromatic nitrogens is 4. The van der Waals surface area contributed by atoms with Crippen LogP contribution in [0.25, 0.3) is 73.0 Å². The summed E-state index contributed by atoms with van der Waals surface area (Å²) in [5.41, 5.74) is 12.9. The number of para-hydroxylation sites is 3. The van der Waals surface area contributed by atoms with Crippen LogP contribution in [0.15, 0.2) is 156 Å². The van der Waals surface area contributed by atoms with E-state index in [0.717, 1.165) is 56.0 Å². The minimum Gasteiger partial charge on any atom is -0.484 e. The molecule has 0 aliphatic carbocycles. The van der Waals surface area contributed by atoms with Crippen molar-refractivity contribution in [3.63, 3.8) is 0 Å². The second-order valence-corrected chi connectivity index (χ2v) is 14.1. The van der Waals surface area contributed by atoms with Crippen molar-refractivity contribution in [1.82, 2.24) is 19.5 Å². The number of hydrogen-bond acceptors (Lipinski definition) is 4. The van der Waals surface area contributed by atoms with Crippen molar-refractivity contribution in [2.24, 2.45) is 0 Å². The van der Waals surface area contributed by atoms with E-state index in [1.807, 2.05) is 60.7 Å². The summed E-state index contributed by atoms with van der Waals surface area (Å²) >= 11 is 0. The predicted octanol–water partition coefficient (Wildman–Crippen LogP) is 13.1. The molecule has 0 aliphatic rings. The van der Waals surface area contributed by atoms with Crippen molar-refractivity contribution in [2.75, 3.05) is 0 Å². The molecule has 6 aromatic carbocycles. The second kappa shape index (κ2) is 16.8. The van der Waals surface area contributed by atoms with Crippen molar-refractivity contribution in [3.8, 4) is 50.9 Å². The van der Waals surface area contributed by atoms with Gasteiger partial charge >= 0.3 is 0 Å². The molecule has 0 spiro atoms. The number of fused-ring (bicyclic) bond motifs is 2. The van der Waals surface area contributed by atoms with Gasteiger partial charge in [-0.2, -0.15) is 0 Å². The Morgan fingerprint density at radius 1 is 0.679 bits per heavy atom. The summed E-state index contributed by atoms with van der Waals surface area (Å²) in [7, 11) is 0. The molecule has 9 aromatic rings. The largest absolute Gasteiger partial charge is 0.484 e. The minimum absolute atomic E-state index is 0. The van der Waals surface area contributed by atoms with Crippen LogP contribution in [0, 0.1) is 19.0 Å². The summed E-state index contributed by atoms with van der Waals surface area (Å²) in [6.45, 7) is 6.94. The van der Waals surface area contributed by atoms with Gasteiger partial charge in [-0.05, 0) is 70.9 Å². The van der Waals surface area contributed by atoms with Crippen LogP contribution in [0.3, 0.4) is 0 Å². The van der Waals surface area contributed by atoms with E-state index in [1.165, 1.54) is 23.0 Å². The maximum Gasteiger partial charge on any atom is 0.216 e. The molecule has 0 atom stereocenters. The molecule has 0 aliphatic heterocycles. The van der Waals surface area contributed by atoms with Gasteiger partial charge in [0.1, 0.15) is 0 Å². The Labute approximate surface area is 346 Å². The summed E-state index contributed by atoms with van der Waals surface area (Å²) in [5, 5.41) is 0. The third-order valence-electron chi connectivity index (χ3n) is 9.64. The zero-order chi connectivity index (χ0) is 40.4.